The zero-order valence-electron chi connectivity index (χ0n) is 18.0. The molecular weight excluding hydrogens is 432 g/mol. The standard InChI is InChI=1S/C22H26N4O3S2/c1-24(2)22-23-20-17(31-22)14-18(30-20)21(28)26-12-10-25(11-13-26)19(27)9-6-15-4-7-16(29-3)8-5-15/h4-5,7-8,14H,6,9-13H2,1-3H3. The second kappa shape index (κ2) is 9.23. The lowest BCUT2D eigenvalue weighted by molar-refractivity contribution is -0.132. The third-order valence-corrected chi connectivity index (χ3v) is 7.69. The quantitative estimate of drug-likeness (QED) is 0.567. The Morgan fingerprint density at radius 2 is 1.74 bits per heavy atom. The topological polar surface area (TPSA) is 66.0 Å². The van der Waals surface area contributed by atoms with Gasteiger partial charge in [-0.15, -0.1) is 11.3 Å². The van der Waals surface area contributed by atoms with Crippen LogP contribution in [0.25, 0.3) is 9.53 Å². The van der Waals surface area contributed by atoms with E-state index in [1.807, 2.05) is 59.1 Å². The predicted octanol–water partition coefficient (Wildman–Crippen LogP) is 3.35. The first-order valence-electron chi connectivity index (χ1n) is 10.2. The fraction of sp³-hybridized carbons (Fsp3) is 0.409. The van der Waals surface area contributed by atoms with E-state index in [1.54, 1.807) is 18.4 Å². The van der Waals surface area contributed by atoms with Gasteiger partial charge < -0.3 is 19.4 Å². The molecular formula is C22H26N4O3S2. The molecule has 4 rings (SSSR count). The van der Waals surface area contributed by atoms with Crippen molar-refractivity contribution >= 4 is 49.1 Å². The number of hydrogen-bond donors (Lipinski definition) is 0. The Morgan fingerprint density at radius 3 is 2.35 bits per heavy atom. The Bertz CT molecular complexity index is 1030. The van der Waals surface area contributed by atoms with Crippen LogP contribution in [-0.4, -0.2) is 74.0 Å². The van der Waals surface area contributed by atoms with Gasteiger partial charge in [0.15, 0.2) is 5.13 Å². The third-order valence-electron chi connectivity index (χ3n) is 5.38. The number of hydrogen-bond acceptors (Lipinski definition) is 7. The van der Waals surface area contributed by atoms with E-state index in [9.17, 15) is 9.59 Å². The second-order valence-corrected chi connectivity index (χ2v) is 9.73. The first kappa shape index (κ1) is 21.6. The third kappa shape index (κ3) is 4.83. The van der Waals surface area contributed by atoms with Gasteiger partial charge in [0, 0.05) is 46.7 Å². The highest BCUT2D eigenvalue weighted by Crippen LogP contribution is 2.34. The van der Waals surface area contributed by atoms with Gasteiger partial charge in [0.1, 0.15) is 10.6 Å². The number of methoxy groups -OCH3 is 1. The summed E-state index contributed by atoms with van der Waals surface area (Å²) in [6.45, 7) is 2.29. The summed E-state index contributed by atoms with van der Waals surface area (Å²) in [5.74, 6) is 0.988. The summed E-state index contributed by atoms with van der Waals surface area (Å²) in [6.07, 6.45) is 1.18. The number of rotatable bonds is 6. The highest BCUT2D eigenvalue weighted by Gasteiger charge is 2.26. The molecule has 1 aromatic carbocycles. The number of carbonyl (C=O) groups is 2. The van der Waals surface area contributed by atoms with Crippen LogP contribution in [0.4, 0.5) is 5.13 Å². The zero-order valence-corrected chi connectivity index (χ0v) is 19.6. The average molecular weight is 459 g/mol. The largest absolute Gasteiger partial charge is 0.497 e. The molecule has 0 spiro atoms. The minimum absolute atomic E-state index is 0.0342. The van der Waals surface area contributed by atoms with Gasteiger partial charge in [-0.1, -0.05) is 23.5 Å². The van der Waals surface area contributed by atoms with Gasteiger partial charge in [-0.2, -0.15) is 0 Å². The van der Waals surface area contributed by atoms with Crippen LogP contribution in [0.5, 0.6) is 5.75 Å². The predicted molar refractivity (Wildman–Crippen MR) is 126 cm³/mol. The SMILES string of the molecule is COc1ccc(CCC(=O)N2CCN(C(=O)c3cc4sc(N(C)C)nc4s3)CC2)cc1. The molecule has 0 atom stereocenters. The lowest BCUT2D eigenvalue weighted by Crippen LogP contribution is -2.50. The summed E-state index contributed by atoms with van der Waals surface area (Å²) < 4.78 is 6.21. The van der Waals surface area contributed by atoms with Crippen LogP contribution < -0.4 is 9.64 Å². The van der Waals surface area contributed by atoms with Gasteiger partial charge in [-0.05, 0) is 30.2 Å². The molecule has 2 aromatic heterocycles. The normalized spacial score (nSPS) is 14.2. The molecule has 1 fully saturated rings. The van der Waals surface area contributed by atoms with E-state index in [0.717, 1.165) is 30.9 Å². The minimum atomic E-state index is 0.0342. The van der Waals surface area contributed by atoms with Crippen LogP contribution in [-0.2, 0) is 11.2 Å². The first-order chi connectivity index (χ1) is 14.9. The molecule has 0 bridgehead atoms. The van der Waals surface area contributed by atoms with Crippen molar-refractivity contribution in [1.82, 2.24) is 14.8 Å². The maximum absolute atomic E-state index is 12.9. The van der Waals surface area contributed by atoms with Crippen LogP contribution in [0, 0.1) is 0 Å². The van der Waals surface area contributed by atoms with Gasteiger partial charge >= 0.3 is 0 Å². The Kier molecular flexibility index (Phi) is 6.43. The number of anilines is 1. The van der Waals surface area contributed by atoms with Crippen molar-refractivity contribution in [2.45, 2.75) is 12.8 Å². The van der Waals surface area contributed by atoms with E-state index in [2.05, 4.69) is 4.98 Å². The Balaban J connectivity index is 1.28. The molecule has 0 radical (unpaired) electrons. The maximum atomic E-state index is 12.9. The van der Waals surface area contributed by atoms with Crippen molar-refractivity contribution in [3.05, 3.63) is 40.8 Å². The second-order valence-electron chi connectivity index (χ2n) is 7.69. The van der Waals surface area contributed by atoms with Crippen molar-refractivity contribution < 1.29 is 14.3 Å². The number of piperazine rings is 1. The Labute approximate surface area is 189 Å². The summed E-state index contributed by atoms with van der Waals surface area (Å²) in [7, 11) is 5.57. The fourth-order valence-electron chi connectivity index (χ4n) is 3.54. The number of thiophene rings is 1. The fourth-order valence-corrected chi connectivity index (χ4v) is 5.64. The highest BCUT2D eigenvalue weighted by atomic mass is 32.1. The van der Waals surface area contributed by atoms with Crippen LogP contribution in [0.1, 0.15) is 21.7 Å². The number of ether oxygens (including phenoxy) is 1. The van der Waals surface area contributed by atoms with Gasteiger partial charge in [-0.25, -0.2) is 4.98 Å². The molecule has 1 aliphatic rings. The monoisotopic (exact) mass is 458 g/mol. The molecule has 1 aliphatic heterocycles. The molecule has 31 heavy (non-hydrogen) atoms. The van der Waals surface area contributed by atoms with E-state index in [-0.39, 0.29) is 11.8 Å². The van der Waals surface area contributed by atoms with Crippen LogP contribution >= 0.6 is 22.7 Å². The summed E-state index contributed by atoms with van der Waals surface area (Å²) in [5, 5.41) is 0.946. The van der Waals surface area contributed by atoms with Crippen molar-refractivity contribution in [2.75, 3.05) is 52.3 Å². The number of aryl methyl sites for hydroxylation is 1. The zero-order chi connectivity index (χ0) is 22.0. The smallest absolute Gasteiger partial charge is 0.264 e. The van der Waals surface area contributed by atoms with E-state index < -0.39 is 0 Å². The molecule has 0 N–H and O–H groups in total. The first-order valence-corrected chi connectivity index (χ1v) is 11.9. The number of carbonyl (C=O) groups excluding carboxylic acids is 2. The lowest BCUT2D eigenvalue weighted by atomic mass is 10.1. The number of nitrogens with zero attached hydrogens (tertiary/aromatic N) is 4. The number of fused-ring (bicyclic) bond motifs is 1. The molecule has 2 amide bonds. The molecule has 1 saturated heterocycles. The molecule has 0 saturated carbocycles. The van der Waals surface area contributed by atoms with Crippen LogP contribution in [0.3, 0.4) is 0 Å². The van der Waals surface area contributed by atoms with Crippen LogP contribution in [0.15, 0.2) is 30.3 Å². The molecule has 3 aromatic rings. The minimum Gasteiger partial charge on any atom is -0.497 e. The van der Waals surface area contributed by atoms with Crippen molar-refractivity contribution in [3.63, 3.8) is 0 Å². The van der Waals surface area contributed by atoms with Gasteiger partial charge in [0.2, 0.25) is 5.91 Å². The van der Waals surface area contributed by atoms with Gasteiger partial charge in [0.25, 0.3) is 5.91 Å². The lowest BCUT2D eigenvalue weighted by Gasteiger charge is -2.34. The van der Waals surface area contributed by atoms with E-state index in [4.69, 9.17) is 4.74 Å². The van der Waals surface area contributed by atoms with E-state index in [1.165, 1.54) is 11.3 Å². The summed E-state index contributed by atoms with van der Waals surface area (Å²) >= 11 is 3.04. The van der Waals surface area contributed by atoms with E-state index in [0.29, 0.717) is 39.0 Å². The molecule has 0 unspecified atom stereocenters. The Hall–Kier alpha value is -2.65. The number of benzene rings is 1. The molecule has 164 valence electrons. The molecule has 3 heterocycles. The van der Waals surface area contributed by atoms with Gasteiger partial charge in [-0.3, -0.25) is 9.59 Å². The van der Waals surface area contributed by atoms with E-state index >= 15 is 0 Å². The molecule has 0 aliphatic carbocycles. The maximum Gasteiger partial charge on any atom is 0.264 e. The van der Waals surface area contributed by atoms with Gasteiger partial charge in [0.05, 0.1) is 16.7 Å². The summed E-state index contributed by atoms with van der Waals surface area (Å²) in [6, 6.07) is 9.75. The average Bonchev–Trinajstić information content (AvgIpc) is 3.37. The van der Waals surface area contributed by atoms with Crippen molar-refractivity contribution in [3.8, 4) is 5.75 Å². The summed E-state index contributed by atoms with van der Waals surface area (Å²) in [4.78, 5) is 37.4. The highest BCUT2D eigenvalue weighted by molar-refractivity contribution is 7.29. The number of aromatic nitrogens is 1. The molecule has 7 nitrogen and oxygen atoms in total. The molecule has 9 heteroatoms. The van der Waals surface area contributed by atoms with Crippen molar-refractivity contribution in [1.29, 1.82) is 0 Å². The van der Waals surface area contributed by atoms with Crippen molar-refractivity contribution in [2.24, 2.45) is 0 Å². The number of amides is 2. The Morgan fingerprint density at radius 1 is 1.06 bits per heavy atom. The summed E-state index contributed by atoms with van der Waals surface area (Å²) in [5.41, 5.74) is 1.12. The number of thiazole rings is 1. The van der Waals surface area contributed by atoms with Crippen LogP contribution in [0.2, 0.25) is 0 Å².